The van der Waals surface area contributed by atoms with Gasteiger partial charge < -0.3 is 15.4 Å². The van der Waals surface area contributed by atoms with E-state index in [2.05, 4.69) is 15.6 Å². The van der Waals surface area contributed by atoms with Gasteiger partial charge in [-0.15, -0.1) is 0 Å². The smallest absolute Gasteiger partial charge is 0.220 e. The number of nitrogens with zero attached hydrogens (tertiary/aromatic N) is 1. The lowest BCUT2D eigenvalue weighted by Crippen LogP contribution is -2.25. The number of anilines is 1. The van der Waals surface area contributed by atoms with E-state index in [1.165, 1.54) is 0 Å². The number of methoxy groups -OCH3 is 1. The molecule has 5 heteroatoms. The van der Waals surface area contributed by atoms with Crippen LogP contribution in [0.25, 0.3) is 0 Å². The summed E-state index contributed by atoms with van der Waals surface area (Å²) >= 11 is 0. The van der Waals surface area contributed by atoms with Gasteiger partial charge in [0.05, 0.1) is 13.3 Å². The van der Waals surface area contributed by atoms with Gasteiger partial charge in [-0.05, 0) is 31.4 Å². The van der Waals surface area contributed by atoms with Crippen LogP contribution in [0.5, 0.6) is 5.75 Å². The number of pyridine rings is 1. The normalized spacial score (nSPS) is 14.1. The van der Waals surface area contributed by atoms with E-state index in [0.717, 1.165) is 37.4 Å². The molecule has 0 spiro atoms. The number of amides is 1. The Morgan fingerprint density at radius 2 is 2.33 bits per heavy atom. The summed E-state index contributed by atoms with van der Waals surface area (Å²) in [6, 6.07) is 4.17. The van der Waals surface area contributed by atoms with Crippen LogP contribution in [0.3, 0.4) is 0 Å². The van der Waals surface area contributed by atoms with Gasteiger partial charge in [0.2, 0.25) is 5.91 Å². The van der Waals surface area contributed by atoms with E-state index in [-0.39, 0.29) is 5.91 Å². The molecule has 1 fully saturated rings. The topological polar surface area (TPSA) is 63.2 Å². The largest absolute Gasteiger partial charge is 0.495 e. The Morgan fingerprint density at radius 1 is 1.50 bits per heavy atom. The average Bonchev–Trinajstić information content (AvgIpc) is 3.19. The van der Waals surface area contributed by atoms with Crippen LogP contribution in [0.2, 0.25) is 0 Å². The van der Waals surface area contributed by atoms with Crippen molar-refractivity contribution in [2.45, 2.75) is 31.7 Å². The van der Waals surface area contributed by atoms with Crippen LogP contribution in [-0.2, 0) is 4.79 Å². The highest BCUT2D eigenvalue weighted by Gasteiger charge is 2.22. The van der Waals surface area contributed by atoms with Gasteiger partial charge in [-0.25, -0.2) is 4.98 Å². The Balaban J connectivity index is 1.60. The molecule has 0 aliphatic heterocycles. The van der Waals surface area contributed by atoms with Crippen LogP contribution in [0.4, 0.5) is 5.82 Å². The number of hydrogen-bond donors (Lipinski definition) is 2. The molecule has 98 valence electrons. The average molecular weight is 249 g/mol. The van der Waals surface area contributed by atoms with Crippen molar-refractivity contribution in [2.24, 2.45) is 0 Å². The van der Waals surface area contributed by atoms with E-state index in [9.17, 15) is 4.79 Å². The van der Waals surface area contributed by atoms with Crippen LogP contribution in [0, 0.1) is 0 Å². The molecule has 0 unspecified atom stereocenters. The molecule has 1 amide bonds. The fourth-order valence-electron chi connectivity index (χ4n) is 1.60. The zero-order valence-electron chi connectivity index (χ0n) is 10.6. The third-order valence-corrected chi connectivity index (χ3v) is 2.80. The maximum Gasteiger partial charge on any atom is 0.220 e. The molecule has 2 rings (SSSR count). The standard InChI is InChI=1S/C13H19N3O2/c1-18-11-6-7-12(15-9-11)14-8-2-3-13(17)16-10-4-5-10/h6-7,9-10H,2-5,8H2,1H3,(H,14,15)(H,16,17). The second-order valence-electron chi connectivity index (χ2n) is 4.46. The zero-order valence-corrected chi connectivity index (χ0v) is 10.6. The van der Waals surface area contributed by atoms with Crippen molar-refractivity contribution in [1.82, 2.24) is 10.3 Å². The third-order valence-electron chi connectivity index (χ3n) is 2.80. The number of rotatable bonds is 7. The lowest BCUT2D eigenvalue weighted by Gasteiger charge is -2.06. The van der Waals surface area contributed by atoms with E-state index in [0.29, 0.717) is 12.5 Å². The zero-order chi connectivity index (χ0) is 12.8. The minimum atomic E-state index is 0.155. The molecule has 1 aromatic rings. The Morgan fingerprint density at radius 3 is 2.94 bits per heavy atom. The van der Waals surface area contributed by atoms with E-state index < -0.39 is 0 Å². The Hall–Kier alpha value is -1.78. The summed E-state index contributed by atoms with van der Waals surface area (Å²) in [6.45, 7) is 0.747. The Kier molecular flexibility index (Phi) is 4.39. The second kappa shape index (κ2) is 6.23. The monoisotopic (exact) mass is 249 g/mol. The minimum absolute atomic E-state index is 0.155. The van der Waals surface area contributed by atoms with Gasteiger partial charge in [0.1, 0.15) is 11.6 Å². The lowest BCUT2D eigenvalue weighted by atomic mass is 10.3. The van der Waals surface area contributed by atoms with Crippen molar-refractivity contribution in [3.63, 3.8) is 0 Å². The molecule has 0 atom stereocenters. The SMILES string of the molecule is COc1ccc(NCCCC(=O)NC2CC2)nc1. The van der Waals surface area contributed by atoms with E-state index in [1.54, 1.807) is 13.3 Å². The predicted molar refractivity (Wildman–Crippen MR) is 69.7 cm³/mol. The summed E-state index contributed by atoms with van der Waals surface area (Å²) < 4.78 is 5.03. The van der Waals surface area contributed by atoms with Crippen molar-refractivity contribution in [2.75, 3.05) is 19.0 Å². The van der Waals surface area contributed by atoms with Crippen molar-refractivity contribution >= 4 is 11.7 Å². The van der Waals surface area contributed by atoms with Crippen molar-refractivity contribution in [1.29, 1.82) is 0 Å². The first-order chi connectivity index (χ1) is 8.78. The molecule has 1 saturated carbocycles. The minimum Gasteiger partial charge on any atom is -0.495 e. The molecule has 0 saturated heterocycles. The molecule has 1 aromatic heterocycles. The molecule has 0 bridgehead atoms. The fourth-order valence-corrected chi connectivity index (χ4v) is 1.60. The molecule has 1 heterocycles. The van der Waals surface area contributed by atoms with Gasteiger partial charge in [-0.3, -0.25) is 4.79 Å². The summed E-state index contributed by atoms with van der Waals surface area (Å²) in [6.07, 6.45) is 5.33. The summed E-state index contributed by atoms with van der Waals surface area (Å²) in [5.74, 6) is 1.70. The molecule has 1 aliphatic carbocycles. The first kappa shape index (κ1) is 12.7. The van der Waals surface area contributed by atoms with Crippen molar-refractivity contribution in [3.05, 3.63) is 18.3 Å². The Bertz CT molecular complexity index is 388. The first-order valence-electron chi connectivity index (χ1n) is 6.31. The quantitative estimate of drug-likeness (QED) is 0.720. The molecular formula is C13H19N3O2. The lowest BCUT2D eigenvalue weighted by molar-refractivity contribution is -0.121. The van der Waals surface area contributed by atoms with Crippen LogP contribution in [0.1, 0.15) is 25.7 Å². The van der Waals surface area contributed by atoms with Crippen LogP contribution < -0.4 is 15.4 Å². The predicted octanol–water partition coefficient (Wildman–Crippen LogP) is 1.56. The highest BCUT2D eigenvalue weighted by molar-refractivity contribution is 5.76. The second-order valence-corrected chi connectivity index (χ2v) is 4.46. The van der Waals surface area contributed by atoms with E-state index in [1.807, 2.05) is 12.1 Å². The first-order valence-corrected chi connectivity index (χ1v) is 6.31. The van der Waals surface area contributed by atoms with Crippen molar-refractivity contribution < 1.29 is 9.53 Å². The molecular weight excluding hydrogens is 230 g/mol. The Labute approximate surface area is 107 Å². The number of nitrogens with one attached hydrogen (secondary N) is 2. The summed E-state index contributed by atoms with van der Waals surface area (Å²) in [4.78, 5) is 15.6. The third kappa shape index (κ3) is 4.24. The number of carbonyl (C=O) groups excluding carboxylic acids is 1. The molecule has 0 radical (unpaired) electrons. The van der Waals surface area contributed by atoms with Gasteiger partial charge in [0.25, 0.3) is 0 Å². The number of carbonyl (C=O) groups is 1. The maximum absolute atomic E-state index is 11.4. The highest BCUT2D eigenvalue weighted by Crippen LogP contribution is 2.18. The fraction of sp³-hybridized carbons (Fsp3) is 0.538. The van der Waals surface area contributed by atoms with Crippen molar-refractivity contribution in [3.8, 4) is 5.75 Å². The maximum atomic E-state index is 11.4. The molecule has 5 nitrogen and oxygen atoms in total. The van der Waals surface area contributed by atoms with Gasteiger partial charge in [-0.1, -0.05) is 0 Å². The summed E-state index contributed by atoms with van der Waals surface area (Å²) in [7, 11) is 1.61. The van der Waals surface area contributed by atoms with Crippen LogP contribution in [0.15, 0.2) is 18.3 Å². The molecule has 0 aromatic carbocycles. The number of aromatic nitrogens is 1. The van der Waals surface area contributed by atoms with Gasteiger partial charge in [0.15, 0.2) is 0 Å². The number of hydrogen-bond acceptors (Lipinski definition) is 4. The van der Waals surface area contributed by atoms with Gasteiger partial charge in [-0.2, -0.15) is 0 Å². The highest BCUT2D eigenvalue weighted by atomic mass is 16.5. The van der Waals surface area contributed by atoms with E-state index in [4.69, 9.17) is 4.74 Å². The number of ether oxygens (including phenoxy) is 1. The summed E-state index contributed by atoms with van der Waals surface area (Å²) in [5, 5.41) is 6.14. The molecule has 2 N–H and O–H groups in total. The van der Waals surface area contributed by atoms with E-state index >= 15 is 0 Å². The summed E-state index contributed by atoms with van der Waals surface area (Å²) in [5.41, 5.74) is 0. The molecule has 18 heavy (non-hydrogen) atoms. The van der Waals surface area contributed by atoms with Gasteiger partial charge >= 0.3 is 0 Å². The van der Waals surface area contributed by atoms with Crippen LogP contribution >= 0.6 is 0 Å². The molecule has 1 aliphatic rings. The van der Waals surface area contributed by atoms with Gasteiger partial charge in [0, 0.05) is 19.0 Å². The van der Waals surface area contributed by atoms with Crippen LogP contribution in [-0.4, -0.2) is 30.6 Å².